The molecule has 1 unspecified atom stereocenters. The van der Waals surface area contributed by atoms with E-state index in [9.17, 15) is 0 Å². The average Bonchev–Trinajstić information content (AvgIpc) is 2.22. The molecule has 0 aliphatic carbocycles. The minimum absolute atomic E-state index is 0.259. The van der Waals surface area contributed by atoms with Gasteiger partial charge < -0.3 is 4.74 Å². The van der Waals surface area contributed by atoms with E-state index in [4.69, 9.17) is 16.3 Å². The number of likely N-dealkylation sites (tertiary alicyclic amines) is 1. The first kappa shape index (κ1) is 10.3. The van der Waals surface area contributed by atoms with E-state index in [0.717, 1.165) is 26.2 Å². The highest BCUT2D eigenvalue weighted by Gasteiger charge is 2.37. The van der Waals surface area contributed by atoms with E-state index < -0.39 is 0 Å². The number of halogens is 1. The summed E-state index contributed by atoms with van der Waals surface area (Å²) in [6, 6.07) is 0. The first-order valence-electron chi connectivity index (χ1n) is 4.41. The van der Waals surface area contributed by atoms with Crippen LogP contribution in [0.25, 0.3) is 0 Å². The highest BCUT2D eigenvalue weighted by atomic mass is 35.5. The van der Waals surface area contributed by atoms with Gasteiger partial charge in [-0.2, -0.15) is 0 Å². The van der Waals surface area contributed by atoms with Gasteiger partial charge in [0.25, 0.3) is 0 Å². The standard InChI is InChI=1S/C9H18ClNO/c1-9(2)7-11(4-5-12-3)6-8(9)10/h8H,4-7H2,1-3H3. The van der Waals surface area contributed by atoms with Crippen LogP contribution in [0.1, 0.15) is 13.8 Å². The van der Waals surface area contributed by atoms with Gasteiger partial charge in [0.1, 0.15) is 0 Å². The molecule has 0 aromatic carbocycles. The maximum absolute atomic E-state index is 6.20. The van der Waals surface area contributed by atoms with Gasteiger partial charge in [0.2, 0.25) is 0 Å². The molecule has 1 rings (SSSR count). The fourth-order valence-electron chi connectivity index (χ4n) is 1.60. The second kappa shape index (κ2) is 3.95. The largest absolute Gasteiger partial charge is 0.383 e. The Morgan fingerprint density at radius 1 is 1.58 bits per heavy atom. The maximum Gasteiger partial charge on any atom is 0.0589 e. The molecule has 0 bridgehead atoms. The number of rotatable bonds is 3. The summed E-state index contributed by atoms with van der Waals surface area (Å²) in [4.78, 5) is 2.36. The number of alkyl halides is 1. The normalized spacial score (nSPS) is 29.5. The summed E-state index contributed by atoms with van der Waals surface area (Å²) >= 11 is 6.20. The Hall–Kier alpha value is 0.210. The minimum atomic E-state index is 0.259. The Labute approximate surface area is 79.8 Å². The van der Waals surface area contributed by atoms with Crippen LogP contribution in [0.5, 0.6) is 0 Å². The number of hydrogen-bond donors (Lipinski definition) is 0. The van der Waals surface area contributed by atoms with Gasteiger partial charge in [0.15, 0.2) is 0 Å². The van der Waals surface area contributed by atoms with E-state index in [0.29, 0.717) is 0 Å². The number of hydrogen-bond acceptors (Lipinski definition) is 2. The van der Waals surface area contributed by atoms with E-state index >= 15 is 0 Å². The molecule has 2 nitrogen and oxygen atoms in total. The zero-order valence-electron chi connectivity index (χ0n) is 8.14. The molecule has 12 heavy (non-hydrogen) atoms. The van der Waals surface area contributed by atoms with Crippen molar-refractivity contribution in [3.63, 3.8) is 0 Å². The van der Waals surface area contributed by atoms with Gasteiger partial charge in [-0.1, -0.05) is 13.8 Å². The lowest BCUT2D eigenvalue weighted by Gasteiger charge is -2.20. The molecule has 1 fully saturated rings. The molecule has 1 atom stereocenters. The quantitative estimate of drug-likeness (QED) is 0.629. The Morgan fingerprint density at radius 3 is 2.67 bits per heavy atom. The summed E-state index contributed by atoms with van der Waals surface area (Å²) in [5.74, 6) is 0. The highest BCUT2D eigenvalue weighted by Crippen LogP contribution is 2.33. The summed E-state index contributed by atoms with van der Waals surface area (Å²) < 4.78 is 5.02. The molecule has 0 aromatic heterocycles. The van der Waals surface area contributed by atoms with E-state index in [2.05, 4.69) is 18.7 Å². The molecular weight excluding hydrogens is 174 g/mol. The molecule has 1 aliphatic heterocycles. The van der Waals surface area contributed by atoms with E-state index in [1.807, 2.05) is 0 Å². The van der Waals surface area contributed by atoms with Crippen LogP contribution in [0.15, 0.2) is 0 Å². The van der Waals surface area contributed by atoms with Gasteiger partial charge in [-0.25, -0.2) is 0 Å². The SMILES string of the molecule is COCCN1CC(Cl)C(C)(C)C1. The van der Waals surface area contributed by atoms with Crippen LogP contribution in [-0.2, 0) is 4.74 Å². The lowest BCUT2D eigenvalue weighted by molar-refractivity contribution is 0.155. The summed E-state index contributed by atoms with van der Waals surface area (Å²) in [7, 11) is 1.74. The van der Waals surface area contributed by atoms with Gasteiger partial charge in [0, 0.05) is 26.7 Å². The van der Waals surface area contributed by atoms with Gasteiger partial charge in [-0.05, 0) is 5.41 Å². The summed E-state index contributed by atoms with van der Waals surface area (Å²) in [6.07, 6.45) is 0. The number of ether oxygens (including phenoxy) is 1. The van der Waals surface area contributed by atoms with Crippen molar-refractivity contribution in [1.82, 2.24) is 4.90 Å². The third-order valence-electron chi connectivity index (χ3n) is 2.51. The van der Waals surface area contributed by atoms with Gasteiger partial charge >= 0.3 is 0 Å². The molecule has 0 amide bonds. The van der Waals surface area contributed by atoms with Gasteiger partial charge in [-0.3, -0.25) is 4.90 Å². The van der Waals surface area contributed by atoms with Crippen LogP contribution in [0.3, 0.4) is 0 Å². The predicted molar refractivity (Wildman–Crippen MR) is 51.7 cm³/mol. The fraction of sp³-hybridized carbons (Fsp3) is 1.00. The van der Waals surface area contributed by atoms with Crippen LogP contribution in [0, 0.1) is 5.41 Å². The van der Waals surface area contributed by atoms with Crippen molar-refractivity contribution in [3.05, 3.63) is 0 Å². The van der Waals surface area contributed by atoms with Gasteiger partial charge in [-0.15, -0.1) is 11.6 Å². The summed E-state index contributed by atoms with van der Waals surface area (Å²) in [6.45, 7) is 8.33. The topological polar surface area (TPSA) is 12.5 Å². The molecule has 0 saturated carbocycles. The second-order valence-corrected chi connectivity index (χ2v) is 4.71. The Morgan fingerprint density at radius 2 is 2.25 bits per heavy atom. The van der Waals surface area contributed by atoms with Crippen molar-refractivity contribution < 1.29 is 4.74 Å². The zero-order chi connectivity index (χ0) is 9.19. The third-order valence-corrected chi connectivity index (χ3v) is 3.24. The van der Waals surface area contributed by atoms with Crippen molar-refractivity contribution in [2.75, 3.05) is 33.4 Å². The van der Waals surface area contributed by atoms with E-state index in [-0.39, 0.29) is 10.8 Å². The average molecular weight is 192 g/mol. The number of methoxy groups -OCH3 is 1. The molecule has 3 heteroatoms. The zero-order valence-corrected chi connectivity index (χ0v) is 8.90. The Balaban J connectivity index is 2.33. The van der Waals surface area contributed by atoms with Crippen molar-refractivity contribution in [2.45, 2.75) is 19.2 Å². The van der Waals surface area contributed by atoms with Crippen LogP contribution < -0.4 is 0 Å². The van der Waals surface area contributed by atoms with E-state index in [1.54, 1.807) is 7.11 Å². The van der Waals surface area contributed by atoms with Crippen LogP contribution in [0.4, 0.5) is 0 Å². The predicted octanol–water partition coefficient (Wildman–Crippen LogP) is 1.58. The first-order valence-corrected chi connectivity index (χ1v) is 4.85. The number of nitrogens with zero attached hydrogens (tertiary/aromatic N) is 1. The van der Waals surface area contributed by atoms with Crippen LogP contribution >= 0.6 is 11.6 Å². The first-order chi connectivity index (χ1) is 5.56. The van der Waals surface area contributed by atoms with Crippen molar-refractivity contribution in [1.29, 1.82) is 0 Å². The summed E-state index contributed by atoms with van der Waals surface area (Å²) in [5.41, 5.74) is 0.259. The molecule has 1 heterocycles. The monoisotopic (exact) mass is 191 g/mol. The molecule has 1 saturated heterocycles. The van der Waals surface area contributed by atoms with Crippen molar-refractivity contribution >= 4 is 11.6 Å². The van der Waals surface area contributed by atoms with Crippen LogP contribution in [-0.4, -0.2) is 43.6 Å². The van der Waals surface area contributed by atoms with E-state index in [1.165, 1.54) is 0 Å². The fourth-order valence-corrected chi connectivity index (χ4v) is 1.87. The lowest BCUT2D eigenvalue weighted by atomic mass is 9.92. The molecule has 0 spiro atoms. The molecular formula is C9H18ClNO. The molecule has 72 valence electrons. The third kappa shape index (κ3) is 2.35. The van der Waals surface area contributed by atoms with Crippen molar-refractivity contribution in [3.8, 4) is 0 Å². The van der Waals surface area contributed by atoms with Gasteiger partial charge in [0.05, 0.1) is 12.0 Å². The Kier molecular flexibility index (Phi) is 3.38. The molecule has 0 N–H and O–H groups in total. The lowest BCUT2D eigenvalue weighted by Crippen LogP contribution is -2.26. The maximum atomic E-state index is 6.20. The molecule has 0 radical (unpaired) electrons. The summed E-state index contributed by atoms with van der Waals surface area (Å²) in [5, 5.41) is 0.286. The Bertz CT molecular complexity index is 149. The minimum Gasteiger partial charge on any atom is -0.383 e. The van der Waals surface area contributed by atoms with Crippen LogP contribution in [0.2, 0.25) is 0 Å². The molecule has 0 aromatic rings. The second-order valence-electron chi connectivity index (χ2n) is 4.18. The smallest absolute Gasteiger partial charge is 0.0589 e. The van der Waals surface area contributed by atoms with Crippen molar-refractivity contribution in [2.24, 2.45) is 5.41 Å². The highest BCUT2D eigenvalue weighted by molar-refractivity contribution is 6.21. The molecule has 1 aliphatic rings.